The number of benzene rings is 1. The minimum Gasteiger partial charge on any atom is -0.489 e. The van der Waals surface area contributed by atoms with Crippen LogP contribution < -0.4 is 4.74 Å². The number of hydrogen-bond donors (Lipinski definition) is 1. The lowest BCUT2D eigenvalue weighted by Gasteiger charge is -2.14. The molecule has 0 aromatic heterocycles. The van der Waals surface area contributed by atoms with Crippen molar-refractivity contribution in [2.75, 3.05) is 6.61 Å². The number of hydrogen-bond acceptors (Lipinski definition) is 3. The average molecular weight is 330 g/mol. The van der Waals surface area contributed by atoms with Crippen molar-refractivity contribution >= 4 is 11.8 Å². The summed E-state index contributed by atoms with van der Waals surface area (Å²) in [7, 11) is 0. The molecule has 0 bridgehead atoms. The number of carbonyl (C=O) groups excluding carboxylic acids is 1. The SMILES string of the molecule is CCCCCCc1cc2c(cc1OCC(C)=CC(=O)O)C(=O)CC2. The summed E-state index contributed by atoms with van der Waals surface area (Å²) in [5, 5.41) is 8.79. The van der Waals surface area contributed by atoms with Crippen molar-refractivity contribution in [3.8, 4) is 5.75 Å². The Morgan fingerprint density at radius 3 is 2.75 bits per heavy atom. The maximum atomic E-state index is 12.0. The van der Waals surface area contributed by atoms with Crippen molar-refractivity contribution in [3.63, 3.8) is 0 Å². The largest absolute Gasteiger partial charge is 0.489 e. The number of rotatable bonds is 9. The summed E-state index contributed by atoms with van der Waals surface area (Å²) < 4.78 is 5.85. The van der Waals surface area contributed by atoms with E-state index in [0.29, 0.717) is 12.0 Å². The number of Topliss-reactive ketones (excluding diaryl/α,β-unsaturated/α-hetero) is 1. The lowest BCUT2D eigenvalue weighted by atomic mass is 10.00. The molecule has 0 heterocycles. The van der Waals surface area contributed by atoms with E-state index in [1.807, 2.05) is 6.07 Å². The Morgan fingerprint density at radius 2 is 2.04 bits per heavy atom. The third kappa shape index (κ3) is 4.95. The third-order valence-electron chi connectivity index (χ3n) is 4.33. The van der Waals surface area contributed by atoms with Gasteiger partial charge in [-0.15, -0.1) is 0 Å². The molecular weight excluding hydrogens is 304 g/mol. The molecule has 24 heavy (non-hydrogen) atoms. The molecule has 130 valence electrons. The monoisotopic (exact) mass is 330 g/mol. The molecule has 4 nitrogen and oxygen atoms in total. The molecule has 1 aliphatic rings. The van der Waals surface area contributed by atoms with Crippen LogP contribution in [0.5, 0.6) is 5.75 Å². The van der Waals surface area contributed by atoms with Crippen LogP contribution in [0.1, 0.15) is 67.4 Å². The van der Waals surface area contributed by atoms with E-state index in [1.165, 1.54) is 19.3 Å². The number of carboxylic acids is 1. The molecule has 0 radical (unpaired) electrons. The summed E-state index contributed by atoms with van der Waals surface area (Å²) in [4.78, 5) is 22.7. The second kappa shape index (κ2) is 8.67. The zero-order valence-corrected chi connectivity index (χ0v) is 14.6. The van der Waals surface area contributed by atoms with Gasteiger partial charge in [-0.1, -0.05) is 32.3 Å². The Morgan fingerprint density at radius 1 is 1.25 bits per heavy atom. The van der Waals surface area contributed by atoms with Gasteiger partial charge in [0, 0.05) is 18.1 Å². The minimum absolute atomic E-state index is 0.171. The molecule has 0 saturated heterocycles. The molecule has 0 fully saturated rings. The van der Waals surface area contributed by atoms with Crippen LogP contribution >= 0.6 is 0 Å². The number of ketones is 1. The van der Waals surface area contributed by atoms with Crippen molar-refractivity contribution in [3.05, 3.63) is 40.5 Å². The summed E-state index contributed by atoms with van der Waals surface area (Å²) in [6.07, 6.45) is 8.17. The quantitative estimate of drug-likeness (QED) is 0.540. The molecule has 1 aromatic rings. The van der Waals surface area contributed by atoms with E-state index < -0.39 is 5.97 Å². The highest BCUT2D eigenvalue weighted by molar-refractivity contribution is 6.00. The maximum absolute atomic E-state index is 12.0. The molecule has 0 unspecified atom stereocenters. The molecule has 1 aliphatic carbocycles. The maximum Gasteiger partial charge on any atom is 0.328 e. The van der Waals surface area contributed by atoms with E-state index >= 15 is 0 Å². The number of aryl methyl sites for hydroxylation is 2. The van der Waals surface area contributed by atoms with Gasteiger partial charge in [-0.25, -0.2) is 4.79 Å². The number of unbranched alkanes of at least 4 members (excludes halogenated alkanes) is 3. The van der Waals surface area contributed by atoms with E-state index in [1.54, 1.807) is 6.92 Å². The Bertz CT molecular complexity index is 643. The number of ether oxygens (including phenoxy) is 1. The van der Waals surface area contributed by atoms with Gasteiger partial charge in [-0.3, -0.25) is 4.79 Å². The molecule has 0 aliphatic heterocycles. The molecule has 0 saturated carbocycles. The highest BCUT2D eigenvalue weighted by atomic mass is 16.5. The number of carbonyl (C=O) groups is 2. The van der Waals surface area contributed by atoms with E-state index in [2.05, 4.69) is 13.0 Å². The van der Waals surface area contributed by atoms with E-state index in [9.17, 15) is 9.59 Å². The summed E-state index contributed by atoms with van der Waals surface area (Å²) in [5.41, 5.74) is 3.66. The normalized spacial score (nSPS) is 13.9. The standard InChI is InChI=1S/C20H26O4/c1-3-4-5-6-7-16-11-15-8-9-18(21)17(15)12-19(16)24-13-14(2)10-20(22)23/h10-12H,3-9,13H2,1-2H3,(H,22,23). The lowest BCUT2D eigenvalue weighted by molar-refractivity contribution is -0.131. The lowest BCUT2D eigenvalue weighted by Crippen LogP contribution is -2.05. The Balaban J connectivity index is 2.14. The van der Waals surface area contributed by atoms with Gasteiger partial charge >= 0.3 is 5.97 Å². The average Bonchev–Trinajstić information content (AvgIpc) is 2.89. The van der Waals surface area contributed by atoms with Gasteiger partial charge in [0.2, 0.25) is 0 Å². The molecule has 1 N–H and O–H groups in total. The molecular formula is C20H26O4. The second-order valence-corrected chi connectivity index (χ2v) is 6.47. The fourth-order valence-electron chi connectivity index (χ4n) is 3.04. The molecule has 0 atom stereocenters. The Kier molecular flexibility index (Phi) is 6.59. The molecule has 2 rings (SSSR count). The van der Waals surface area contributed by atoms with Crippen LogP contribution in [0.15, 0.2) is 23.8 Å². The second-order valence-electron chi connectivity index (χ2n) is 6.47. The van der Waals surface area contributed by atoms with Crippen molar-refractivity contribution in [1.82, 2.24) is 0 Å². The fraction of sp³-hybridized carbons (Fsp3) is 0.500. The van der Waals surface area contributed by atoms with Gasteiger partial charge < -0.3 is 9.84 Å². The van der Waals surface area contributed by atoms with Crippen LogP contribution in [0.25, 0.3) is 0 Å². The minimum atomic E-state index is -0.972. The first-order valence-corrected chi connectivity index (χ1v) is 8.73. The zero-order valence-electron chi connectivity index (χ0n) is 14.6. The van der Waals surface area contributed by atoms with Crippen LogP contribution in [-0.4, -0.2) is 23.5 Å². The van der Waals surface area contributed by atoms with E-state index in [-0.39, 0.29) is 12.4 Å². The predicted molar refractivity (Wildman–Crippen MR) is 93.8 cm³/mol. The van der Waals surface area contributed by atoms with Gasteiger partial charge in [0.25, 0.3) is 0 Å². The van der Waals surface area contributed by atoms with Gasteiger partial charge in [0.15, 0.2) is 5.78 Å². The molecule has 0 spiro atoms. The van der Waals surface area contributed by atoms with Crippen LogP contribution in [0.3, 0.4) is 0 Å². The molecule has 0 amide bonds. The smallest absolute Gasteiger partial charge is 0.328 e. The van der Waals surface area contributed by atoms with Crippen molar-refractivity contribution in [2.24, 2.45) is 0 Å². The fourth-order valence-corrected chi connectivity index (χ4v) is 3.04. The summed E-state index contributed by atoms with van der Waals surface area (Å²) in [6.45, 7) is 4.14. The van der Waals surface area contributed by atoms with Gasteiger partial charge in [-0.05, 0) is 49.0 Å². The zero-order chi connectivity index (χ0) is 17.5. The van der Waals surface area contributed by atoms with Gasteiger partial charge in [-0.2, -0.15) is 0 Å². The van der Waals surface area contributed by atoms with Crippen molar-refractivity contribution in [2.45, 2.75) is 58.8 Å². The van der Waals surface area contributed by atoms with Crippen LogP contribution in [-0.2, 0) is 17.6 Å². The van der Waals surface area contributed by atoms with Crippen LogP contribution in [0, 0.1) is 0 Å². The van der Waals surface area contributed by atoms with E-state index in [4.69, 9.17) is 9.84 Å². The first kappa shape index (κ1) is 18.2. The van der Waals surface area contributed by atoms with Gasteiger partial charge in [0.1, 0.15) is 12.4 Å². The summed E-state index contributed by atoms with van der Waals surface area (Å²) in [6, 6.07) is 3.96. The highest BCUT2D eigenvalue weighted by Crippen LogP contribution is 2.31. The molecule has 1 aromatic carbocycles. The van der Waals surface area contributed by atoms with Crippen LogP contribution in [0.2, 0.25) is 0 Å². The predicted octanol–water partition coefficient (Wildman–Crippen LogP) is 4.35. The van der Waals surface area contributed by atoms with Crippen molar-refractivity contribution in [1.29, 1.82) is 0 Å². The molecule has 4 heteroatoms. The Hall–Kier alpha value is -2.10. The summed E-state index contributed by atoms with van der Waals surface area (Å²) >= 11 is 0. The number of fused-ring (bicyclic) bond motifs is 1. The Labute approximate surface area is 143 Å². The van der Waals surface area contributed by atoms with Crippen molar-refractivity contribution < 1.29 is 19.4 Å². The van der Waals surface area contributed by atoms with Crippen LogP contribution in [0.4, 0.5) is 0 Å². The first-order chi connectivity index (χ1) is 11.5. The number of carboxylic acid groups (broad SMARTS) is 1. The topological polar surface area (TPSA) is 63.6 Å². The summed E-state index contributed by atoms with van der Waals surface area (Å²) in [5.74, 6) is -0.0798. The van der Waals surface area contributed by atoms with Gasteiger partial charge in [0.05, 0.1) is 0 Å². The third-order valence-corrected chi connectivity index (χ3v) is 4.33. The number of aliphatic carboxylic acids is 1. The first-order valence-electron chi connectivity index (χ1n) is 8.73. The van der Waals surface area contributed by atoms with E-state index in [0.717, 1.165) is 47.8 Å². The highest BCUT2D eigenvalue weighted by Gasteiger charge is 2.22.